The highest BCUT2D eigenvalue weighted by atomic mass is 16.5. The summed E-state index contributed by atoms with van der Waals surface area (Å²) in [6.45, 7) is 8.09. The number of phenolic OH excluding ortho intramolecular Hbond substituents is 1. The molecule has 2 saturated carbocycles. The number of aliphatic hydroxyl groups is 1. The van der Waals surface area contributed by atoms with Crippen molar-refractivity contribution >= 4 is 5.91 Å². The van der Waals surface area contributed by atoms with Gasteiger partial charge in [-0.25, -0.2) is 0 Å². The van der Waals surface area contributed by atoms with Gasteiger partial charge in [0.15, 0.2) is 11.5 Å². The van der Waals surface area contributed by atoms with E-state index in [1.54, 1.807) is 6.07 Å². The van der Waals surface area contributed by atoms with Crippen LogP contribution in [0.4, 0.5) is 0 Å². The van der Waals surface area contributed by atoms with Crippen molar-refractivity contribution < 1.29 is 19.7 Å². The molecule has 0 bridgehead atoms. The molecule has 2 aromatic carbocycles. The van der Waals surface area contributed by atoms with Crippen molar-refractivity contribution in [2.24, 2.45) is 5.92 Å². The van der Waals surface area contributed by atoms with Crippen LogP contribution in [0.25, 0.3) is 0 Å². The predicted octanol–water partition coefficient (Wildman–Crippen LogP) is 2.75. The van der Waals surface area contributed by atoms with Gasteiger partial charge < -0.3 is 19.8 Å². The molecule has 33 heavy (non-hydrogen) atoms. The van der Waals surface area contributed by atoms with Crippen LogP contribution in [0.15, 0.2) is 49.1 Å². The highest BCUT2D eigenvalue weighted by molar-refractivity contribution is 5.98. The number of aryl methyl sites for hydroxylation is 1. The number of fused-ring (bicyclic) bond motifs is 4. The third-order valence-corrected chi connectivity index (χ3v) is 9.23. The van der Waals surface area contributed by atoms with E-state index in [-0.39, 0.29) is 35.8 Å². The van der Waals surface area contributed by atoms with E-state index in [4.69, 9.17) is 4.74 Å². The Bertz CT molecular complexity index is 1230. The summed E-state index contributed by atoms with van der Waals surface area (Å²) in [6, 6.07) is 11.3. The molecule has 1 amide bonds. The molecule has 6 nitrogen and oxygen atoms in total. The van der Waals surface area contributed by atoms with Crippen molar-refractivity contribution in [3.63, 3.8) is 0 Å². The van der Waals surface area contributed by atoms with Crippen LogP contribution in [0.1, 0.15) is 39.9 Å². The third-order valence-electron chi connectivity index (χ3n) is 9.23. The average Bonchev–Trinajstić information content (AvgIpc) is 3.32. The number of nitrogens with zero attached hydrogens (tertiary/aromatic N) is 2. The molecular formula is C27H28N2O4. The fourth-order valence-corrected chi connectivity index (χ4v) is 8.08. The van der Waals surface area contributed by atoms with Crippen LogP contribution in [0, 0.1) is 12.8 Å². The maximum atomic E-state index is 13.4. The second-order valence-corrected chi connectivity index (χ2v) is 10.4. The Labute approximate surface area is 193 Å². The first-order chi connectivity index (χ1) is 15.9. The van der Waals surface area contributed by atoms with Crippen LogP contribution in [0.3, 0.4) is 0 Å². The lowest BCUT2D eigenvalue weighted by Gasteiger charge is -2.77. The summed E-state index contributed by atoms with van der Waals surface area (Å²) in [4.78, 5) is 17.7. The fraction of sp³-hybridized carbons (Fsp3) is 0.444. The lowest BCUT2D eigenvalue weighted by atomic mass is 9.35. The Morgan fingerprint density at radius 2 is 2.09 bits per heavy atom. The number of phenols is 1. The van der Waals surface area contributed by atoms with Crippen molar-refractivity contribution in [1.82, 2.24) is 9.80 Å². The van der Waals surface area contributed by atoms with Crippen molar-refractivity contribution in [3.8, 4) is 11.5 Å². The van der Waals surface area contributed by atoms with Gasteiger partial charge in [-0.1, -0.05) is 30.3 Å². The smallest absolute Gasteiger partial charge is 0.254 e. The Morgan fingerprint density at radius 1 is 1.27 bits per heavy atom. The van der Waals surface area contributed by atoms with Gasteiger partial charge in [0.25, 0.3) is 5.91 Å². The summed E-state index contributed by atoms with van der Waals surface area (Å²) in [7, 11) is 0. The normalized spacial score (nSPS) is 37.6. The average molecular weight is 445 g/mol. The lowest BCUT2D eigenvalue weighted by Crippen LogP contribution is -2.92. The monoisotopic (exact) mass is 444 g/mol. The van der Waals surface area contributed by atoms with Crippen LogP contribution in [-0.2, 0) is 12.0 Å². The zero-order valence-electron chi connectivity index (χ0n) is 18.7. The van der Waals surface area contributed by atoms with E-state index in [9.17, 15) is 15.0 Å². The van der Waals surface area contributed by atoms with Gasteiger partial charge >= 0.3 is 0 Å². The van der Waals surface area contributed by atoms with Crippen molar-refractivity contribution in [3.05, 3.63) is 71.3 Å². The van der Waals surface area contributed by atoms with Crippen LogP contribution >= 0.6 is 0 Å². The largest absolute Gasteiger partial charge is 0.504 e. The summed E-state index contributed by atoms with van der Waals surface area (Å²) in [5, 5.41) is 23.1. The second-order valence-electron chi connectivity index (χ2n) is 10.4. The highest BCUT2D eigenvalue weighted by Crippen LogP contribution is 2.73. The Morgan fingerprint density at radius 3 is 2.88 bits per heavy atom. The molecule has 2 N–H and O–H groups in total. The SMILES string of the molecule is C=CCN1CC2[C@@H]1[C@]1(O)CC[C@@H](N3Cc4ccccc4C3=O)[C@@H]3Oc4c(O)ccc(C)c4[C@@]231. The maximum absolute atomic E-state index is 13.4. The van der Waals surface area contributed by atoms with Crippen molar-refractivity contribution in [2.45, 2.75) is 55.5 Å². The minimum atomic E-state index is -0.959. The molecule has 1 spiro atoms. The maximum Gasteiger partial charge on any atom is 0.254 e. The Hall–Kier alpha value is -2.83. The number of likely N-dealkylation sites (tertiary alicyclic amines) is 1. The van der Waals surface area contributed by atoms with Crippen molar-refractivity contribution in [2.75, 3.05) is 13.1 Å². The molecular weight excluding hydrogens is 416 g/mol. The topological polar surface area (TPSA) is 73.2 Å². The van der Waals surface area contributed by atoms with Crippen LogP contribution in [0.2, 0.25) is 0 Å². The predicted molar refractivity (Wildman–Crippen MR) is 122 cm³/mol. The zero-order chi connectivity index (χ0) is 22.7. The van der Waals surface area contributed by atoms with E-state index in [0.29, 0.717) is 25.1 Å². The molecule has 2 aliphatic carbocycles. The summed E-state index contributed by atoms with van der Waals surface area (Å²) in [6.07, 6.45) is 2.77. The molecule has 6 heteroatoms. The van der Waals surface area contributed by atoms with Gasteiger partial charge in [0.05, 0.1) is 17.1 Å². The molecule has 6 atom stereocenters. The van der Waals surface area contributed by atoms with Gasteiger partial charge in [-0.3, -0.25) is 9.69 Å². The van der Waals surface area contributed by atoms with Crippen molar-refractivity contribution in [1.29, 1.82) is 0 Å². The van der Waals surface area contributed by atoms with E-state index in [1.807, 2.05) is 48.2 Å². The first-order valence-corrected chi connectivity index (χ1v) is 11.9. The second kappa shape index (κ2) is 6.19. The number of hydrogen-bond donors (Lipinski definition) is 2. The first kappa shape index (κ1) is 19.6. The number of amides is 1. The summed E-state index contributed by atoms with van der Waals surface area (Å²) in [5.74, 6) is 0.865. The van der Waals surface area contributed by atoms with Crippen LogP contribution < -0.4 is 4.74 Å². The zero-order valence-corrected chi connectivity index (χ0v) is 18.7. The Kier molecular flexibility index (Phi) is 3.68. The van der Waals surface area contributed by atoms with E-state index in [0.717, 1.165) is 35.3 Å². The standard InChI is InChI=1S/C27H28N2O4/c1-3-12-28-14-18-23(28)26(32)11-10-19(29-13-16-6-4-5-7-17(16)25(29)31)24-27(18,26)21-15(2)8-9-20(30)22(21)33-24/h3-9,18-19,23-24,30,32H,1,10-14H2,2H3/t18?,19-,23-,24+,26-,27+/m1/s1. The van der Waals surface area contributed by atoms with Gasteiger partial charge in [0, 0.05) is 42.7 Å². The molecule has 3 heterocycles. The molecule has 0 radical (unpaired) electrons. The minimum Gasteiger partial charge on any atom is -0.504 e. The fourth-order valence-electron chi connectivity index (χ4n) is 8.08. The van der Waals surface area contributed by atoms with Gasteiger partial charge in [-0.15, -0.1) is 6.58 Å². The molecule has 7 rings (SSSR count). The summed E-state index contributed by atoms with van der Waals surface area (Å²) >= 11 is 0. The summed E-state index contributed by atoms with van der Waals surface area (Å²) < 4.78 is 6.59. The van der Waals surface area contributed by atoms with E-state index >= 15 is 0 Å². The molecule has 5 aliphatic rings. The number of carbonyl (C=O) groups is 1. The molecule has 1 saturated heterocycles. The van der Waals surface area contributed by atoms with Gasteiger partial charge in [0.2, 0.25) is 0 Å². The third kappa shape index (κ3) is 2.02. The van der Waals surface area contributed by atoms with Gasteiger partial charge in [0.1, 0.15) is 6.10 Å². The van der Waals surface area contributed by atoms with E-state index in [1.165, 1.54) is 0 Å². The first-order valence-electron chi connectivity index (χ1n) is 11.9. The molecule has 3 fully saturated rings. The molecule has 1 unspecified atom stereocenters. The highest BCUT2D eigenvalue weighted by Gasteiger charge is 2.85. The molecule has 170 valence electrons. The number of piperidine rings is 1. The van der Waals surface area contributed by atoms with Crippen LogP contribution in [0.5, 0.6) is 11.5 Å². The Balaban J connectivity index is 1.36. The molecule has 2 aromatic rings. The number of rotatable bonds is 3. The number of benzene rings is 2. The number of carbonyl (C=O) groups excluding carboxylic acids is 1. The number of ether oxygens (including phenoxy) is 1. The van der Waals surface area contributed by atoms with E-state index < -0.39 is 11.0 Å². The minimum absolute atomic E-state index is 0.0365. The van der Waals surface area contributed by atoms with Crippen LogP contribution in [-0.4, -0.2) is 62.8 Å². The van der Waals surface area contributed by atoms with Gasteiger partial charge in [-0.2, -0.15) is 0 Å². The number of aromatic hydroxyl groups is 1. The molecule has 3 aliphatic heterocycles. The van der Waals surface area contributed by atoms with E-state index in [2.05, 4.69) is 11.5 Å². The number of hydrogen-bond acceptors (Lipinski definition) is 5. The quantitative estimate of drug-likeness (QED) is 0.713. The lowest BCUT2D eigenvalue weighted by molar-refractivity contribution is -0.319. The van der Waals surface area contributed by atoms with Gasteiger partial charge in [-0.05, 0) is 43.0 Å². The molecule has 0 aromatic heterocycles. The summed E-state index contributed by atoms with van der Waals surface area (Å²) in [5.41, 5.74) is 2.20.